The average Bonchev–Trinajstić information content (AvgIpc) is 2.37. The van der Waals surface area contributed by atoms with Gasteiger partial charge < -0.3 is 0 Å². The minimum absolute atomic E-state index is 0.932. The Morgan fingerprint density at radius 3 is 2.00 bits per heavy atom. The van der Waals surface area contributed by atoms with Crippen LogP contribution in [0.3, 0.4) is 0 Å². The van der Waals surface area contributed by atoms with Crippen molar-refractivity contribution in [2.24, 2.45) is 11.8 Å². The Morgan fingerprint density at radius 1 is 0.778 bits per heavy atom. The van der Waals surface area contributed by atoms with E-state index < -0.39 is 0 Å². The third-order valence-electron chi connectivity index (χ3n) is 4.20. The fourth-order valence-electron chi connectivity index (χ4n) is 2.48. The molecule has 0 aliphatic carbocycles. The third-order valence-corrected chi connectivity index (χ3v) is 4.20. The molecule has 18 heavy (non-hydrogen) atoms. The molecule has 0 heteroatoms. The van der Waals surface area contributed by atoms with E-state index in [1.807, 2.05) is 6.08 Å². The Morgan fingerprint density at radius 2 is 1.33 bits per heavy atom. The van der Waals surface area contributed by atoms with Crippen LogP contribution in [0.5, 0.6) is 0 Å². The summed E-state index contributed by atoms with van der Waals surface area (Å²) in [6.45, 7) is 10.9. The van der Waals surface area contributed by atoms with Gasteiger partial charge in [-0.2, -0.15) is 0 Å². The van der Waals surface area contributed by atoms with Crippen LogP contribution in [0.1, 0.15) is 91.4 Å². The highest BCUT2D eigenvalue weighted by Gasteiger charge is 2.04. The summed E-state index contributed by atoms with van der Waals surface area (Å²) in [6.07, 6.45) is 17.4. The Kier molecular flexibility index (Phi) is 13.0. The van der Waals surface area contributed by atoms with E-state index in [1.54, 1.807) is 0 Å². The number of rotatable bonds is 13. The summed E-state index contributed by atoms with van der Waals surface area (Å²) in [5, 5.41) is 0. The summed E-state index contributed by atoms with van der Waals surface area (Å²) in [5.41, 5.74) is 0. The predicted molar refractivity (Wildman–Crippen MR) is 85.0 cm³/mol. The van der Waals surface area contributed by atoms with Gasteiger partial charge in [-0.3, -0.25) is 0 Å². The van der Waals surface area contributed by atoms with Gasteiger partial charge in [-0.05, 0) is 24.7 Å². The number of hydrogen-bond acceptors (Lipinski definition) is 0. The quantitative estimate of drug-likeness (QED) is 0.251. The number of unbranched alkanes of at least 4 members (excludes halogenated alkanes) is 5. The first kappa shape index (κ1) is 17.7. The van der Waals surface area contributed by atoms with Crippen LogP contribution < -0.4 is 0 Å². The molecular formula is C18H36. The highest BCUT2D eigenvalue weighted by molar-refractivity contribution is 4.65. The molecule has 0 aromatic rings. The highest BCUT2D eigenvalue weighted by Crippen LogP contribution is 2.19. The molecule has 2 atom stereocenters. The van der Waals surface area contributed by atoms with Crippen LogP contribution in [0.25, 0.3) is 0 Å². The second kappa shape index (κ2) is 13.2. The van der Waals surface area contributed by atoms with Crippen molar-refractivity contribution in [1.29, 1.82) is 0 Å². The molecule has 0 bridgehead atoms. The van der Waals surface area contributed by atoms with E-state index in [1.165, 1.54) is 70.6 Å². The molecule has 0 heterocycles. The summed E-state index contributed by atoms with van der Waals surface area (Å²) in [7, 11) is 0. The van der Waals surface area contributed by atoms with Crippen molar-refractivity contribution >= 4 is 0 Å². The van der Waals surface area contributed by atoms with E-state index in [2.05, 4.69) is 27.4 Å². The lowest BCUT2D eigenvalue weighted by molar-refractivity contribution is 0.405. The van der Waals surface area contributed by atoms with E-state index in [4.69, 9.17) is 0 Å². The molecule has 0 N–H and O–H groups in total. The summed E-state index contributed by atoms with van der Waals surface area (Å²) >= 11 is 0. The predicted octanol–water partition coefficient (Wildman–Crippen LogP) is 6.76. The van der Waals surface area contributed by atoms with Gasteiger partial charge in [0, 0.05) is 0 Å². The van der Waals surface area contributed by atoms with Crippen molar-refractivity contribution in [3.8, 4) is 0 Å². The molecule has 0 aliphatic heterocycles. The maximum atomic E-state index is 3.76. The van der Waals surface area contributed by atoms with E-state index >= 15 is 0 Å². The summed E-state index contributed by atoms with van der Waals surface area (Å²) < 4.78 is 0. The molecular weight excluding hydrogens is 216 g/mol. The molecule has 0 saturated heterocycles. The maximum Gasteiger partial charge on any atom is -0.0353 e. The fraction of sp³-hybridized carbons (Fsp3) is 0.889. The van der Waals surface area contributed by atoms with Crippen LogP contribution in [-0.4, -0.2) is 0 Å². The molecule has 0 aliphatic rings. The number of allylic oxidation sites excluding steroid dienone is 1. The normalized spacial score (nSPS) is 14.4. The van der Waals surface area contributed by atoms with Crippen LogP contribution in [0.15, 0.2) is 12.7 Å². The standard InChI is InChI=1S/C18H36/c1-5-7-8-9-10-11-12-14-18(4)16-13-15-17(3)6-2/h5,17-18H,1,6-16H2,2-4H3/t17-,18-/m0/s1. The van der Waals surface area contributed by atoms with Crippen LogP contribution in [-0.2, 0) is 0 Å². The smallest absolute Gasteiger partial charge is 0.0353 e. The minimum Gasteiger partial charge on any atom is -0.103 e. The van der Waals surface area contributed by atoms with Crippen LogP contribution in [0.2, 0.25) is 0 Å². The van der Waals surface area contributed by atoms with E-state index in [0.717, 1.165) is 11.8 Å². The molecule has 0 radical (unpaired) electrons. The third kappa shape index (κ3) is 12.2. The zero-order chi connectivity index (χ0) is 13.6. The van der Waals surface area contributed by atoms with Gasteiger partial charge in [0.25, 0.3) is 0 Å². The van der Waals surface area contributed by atoms with Gasteiger partial charge in [-0.1, -0.05) is 84.6 Å². The van der Waals surface area contributed by atoms with Crippen LogP contribution >= 0.6 is 0 Å². The second-order valence-corrected chi connectivity index (χ2v) is 6.18. The number of hydrogen-bond donors (Lipinski definition) is 0. The molecule has 0 aromatic carbocycles. The van der Waals surface area contributed by atoms with E-state index in [9.17, 15) is 0 Å². The van der Waals surface area contributed by atoms with Crippen molar-refractivity contribution in [2.75, 3.05) is 0 Å². The Balaban J connectivity index is 3.21. The molecule has 108 valence electrons. The van der Waals surface area contributed by atoms with Crippen molar-refractivity contribution in [3.63, 3.8) is 0 Å². The minimum atomic E-state index is 0.932. The topological polar surface area (TPSA) is 0 Å². The van der Waals surface area contributed by atoms with Crippen LogP contribution in [0, 0.1) is 11.8 Å². The summed E-state index contributed by atoms with van der Waals surface area (Å²) in [6, 6.07) is 0. The van der Waals surface area contributed by atoms with E-state index in [0.29, 0.717) is 0 Å². The lowest BCUT2D eigenvalue weighted by Gasteiger charge is -2.13. The Hall–Kier alpha value is -0.260. The SMILES string of the molecule is C=CCCCCCCC[C@H](C)CCC[C@@H](C)CC. The maximum absolute atomic E-state index is 3.76. The molecule has 0 aromatic heterocycles. The summed E-state index contributed by atoms with van der Waals surface area (Å²) in [4.78, 5) is 0. The van der Waals surface area contributed by atoms with Crippen molar-refractivity contribution in [3.05, 3.63) is 12.7 Å². The molecule has 0 rings (SSSR count). The fourth-order valence-corrected chi connectivity index (χ4v) is 2.48. The van der Waals surface area contributed by atoms with Gasteiger partial charge in [-0.25, -0.2) is 0 Å². The molecule has 0 spiro atoms. The highest BCUT2D eigenvalue weighted by atomic mass is 14.1. The first-order valence-electron chi connectivity index (χ1n) is 8.31. The Bertz CT molecular complexity index is 171. The Labute approximate surface area is 116 Å². The first-order chi connectivity index (χ1) is 8.70. The van der Waals surface area contributed by atoms with Gasteiger partial charge in [-0.15, -0.1) is 6.58 Å². The second-order valence-electron chi connectivity index (χ2n) is 6.18. The van der Waals surface area contributed by atoms with Crippen molar-refractivity contribution < 1.29 is 0 Å². The first-order valence-corrected chi connectivity index (χ1v) is 8.31. The lowest BCUT2D eigenvalue weighted by Crippen LogP contribution is -1.98. The van der Waals surface area contributed by atoms with E-state index in [-0.39, 0.29) is 0 Å². The monoisotopic (exact) mass is 252 g/mol. The zero-order valence-corrected chi connectivity index (χ0v) is 13.2. The van der Waals surface area contributed by atoms with Gasteiger partial charge >= 0.3 is 0 Å². The average molecular weight is 252 g/mol. The molecule has 0 nitrogen and oxygen atoms in total. The van der Waals surface area contributed by atoms with Gasteiger partial charge in [0.05, 0.1) is 0 Å². The summed E-state index contributed by atoms with van der Waals surface area (Å²) in [5.74, 6) is 1.88. The van der Waals surface area contributed by atoms with Crippen molar-refractivity contribution in [2.45, 2.75) is 91.4 Å². The molecule has 0 unspecified atom stereocenters. The lowest BCUT2D eigenvalue weighted by atomic mass is 9.93. The molecule has 0 fully saturated rings. The molecule has 0 saturated carbocycles. The largest absolute Gasteiger partial charge is 0.103 e. The zero-order valence-electron chi connectivity index (χ0n) is 13.2. The van der Waals surface area contributed by atoms with Gasteiger partial charge in [0.15, 0.2) is 0 Å². The van der Waals surface area contributed by atoms with Crippen LogP contribution in [0.4, 0.5) is 0 Å². The van der Waals surface area contributed by atoms with Crippen molar-refractivity contribution in [1.82, 2.24) is 0 Å². The van der Waals surface area contributed by atoms with Gasteiger partial charge in [0.1, 0.15) is 0 Å². The van der Waals surface area contributed by atoms with Gasteiger partial charge in [0.2, 0.25) is 0 Å². The molecule has 0 amide bonds.